The third-order valence-electron chi connectivity index (χ3n) is 2.30. The first kappa shape index (κ1) is 12.5. The largest absolute Gasteiger partial charge is 0.396 e. The second-order valence-corrected chi connectivity index (χ2v) is 4.81. The van der Waals surface area contributed by atoms with Crippen LogP contribution >= 0.6 is 15.9 Å². The number of rotatable bonds is 5. The lowest BCUT2D eigenvalue weighted by Gasteiger charge is -2.22. The molecule has 0 amide bonds. The molecule has 1 rings (SSSR count). The second-order valence-electron chi connectivity index (χ2n) is 3.90. The molecule has 0 fully saturated rings. The molecule has 0 radical (unpaired) electrons. The Morgan fingerprint density at radius 1 is 1.47 bits per heavy atom. The normalized spacial score (nSPS) is 12.9. The number of aromatic nitrogens is 1. The van der Waals surface area contributed by atoms with Crippen LogP contribution < -0.4 is 5.32 Å². The number of nitrogens with zero attached hydrogens (tertiary/aromatic N) is 1. The average Bonchev–Trinajstić information content (AvgIpc) is 2.17. The standard InChI is InChI=1S/C11H17BrN2O/c1-8(2)11(3-4-15)14-10-5-9(12)6-13-7-10/h5-8,11,14-15H,3-4H2,1-2H3. The minimum Gasteiger partial charge on any atom is -0.396 e. The zero-order valence-electron chi connectivity index (χ0n) is 9.07. The van der Waals surface area contributed by atoms with Crippen LogP contribution in [-0.4, -0.2) is 22.7 Å². The molecule has 4 heteroatoms. The molecule has 2 N–H and O–H groups in total. The van der Waals surface area contributed by atoms with E-state index in [4.69, 9.17) is 5.11 Å². The summed E-state index contributed by atoms with van der Waals surface area (Å²) in [5, 5.41) is 12.3. The quantitative estimate of drug-likeness (QED) is 0.867. The topological polar surface area (TPSA) is 45.1 Å². The summed E-state index contributed by atoms with van der Waals surface area (Å²) >= 11 is 3.38. The smallest absolute Gasteiger partial charge is 0.0540 e. The van der Waals surface area contributed by atoms with Crippen molar-refractivity contribution in [2.24, 2.45) is 5.92 Å². The number of pyridine rings is 1. The van der Waals surface area contributed by atoms with Gasteiger partial charge in [-0.2, -0.15) is 0 Å². The average molecular weight is 273 g/mol. The molecule has 84 valence electrons. The van der Waals surface area contributed by atoms with Crippen LogP contribution in [0.3, 0.4) is 0 Å². The van der Waals surface area contributed by atoms with Crippen LogP contribution in [0.15, 0.2) is 22.9 Å². The van der Waals surface area contributed by atoms with Gasteiger partial charge in [0, 0.05) is 23.3 Å². The molecule has 3 nitrogen and oxygen atoms in total. The Morgan fingerprint density at radius 3 is 2.73 bits per heavy atom. The molecular weight excluding hydrogens is 256 g/mol. The lowest BCUT2D eigenvalue weighted by Crippen LogP contribution is -2.26. The summed E-state index contributed by atoms with van der Waals surface area (Å²) < 4.78 is 0.957. The van der Waals surface area contributed by atoms with Gasteiger partial charge in [0.05, 0.1) is 11.9 Å². The molecule has 0 aliphatic heterocycles. The Balaban J connectivity index is 2.65. The van der Waals surface area contributed by atoms with Crippen LogP contribution in [0, 0.1) is 5.92 Å². The van der Waals surface area contributed by atoms with Gasteiger partial charge in [0.15, 0.2) is 0 Å². The van der Waals surface area contributed by atoms with Crippen molar-refractivity contribution >= 4 is 21.6 Å². The first-order valence-electron chi connectivity index (χ1n) is 5.11. The SMILES string of the molecule is CC(C)C(CCO)Nc1cncc(Br)c1. The van der Waals surface area contributed by atoms with Gasteiger partial charge in [0.2, 0.25) is 0 Å². The number of aliphatic hydroxyl groups excluding tert-OH is 1. The van der Waals surface area contributed by atoms with Crippen LogP contribution in [0.1, 0.15) is 20.3 Å². The summed E-state index contributed by atoms with van der Waals surface area (Å²) in [4.78, 5) is 4.08. The van der Waals surface area contributed by atoms with Crippen molar-refractivity contribution < 1.29 is 5.11 Å². The summed E-state index contributed by atoms with van der Waals surface area (Å²) in [5.41, 5.74) is 0.983. The molecular formula is C11H17BrN2O. The van der Waals surface area contributed by atoms with E-state index in [0.29, 0.717) is 5.92 Å². The summed E-state index contributed by atoms with van der Waals surface area (Å²) in [5.74, 6) is 0.483. The third kappa shape index (κ3) is 4.18. The van der Waals surface area contributed by atoms with Crippen molar-refractivity contribution in [1.29, 1.82) is 0 Å². The third-order valence-corrected chi connectivity index (χ3v) is 2.74. The van der Waals surface area contributed by atoms with Gasteiger partial charge in [0.25, 0.3) is 0 Å². The highest BCUT2D eigenvalue weighted by Gasteiger charge is 2.12. The number of hydrogen-bond donors (Lipinski definition) is 2. The Hall–Kier alpha value is -0.610. The zero-order chi connectivity index (χ0) is 11.3. The molecule has 0 bridgehead atoms. The lowest BCUT2D eigenvalue weighted by molar-refractivity contribution is 0.267. The molecule has 0 spiro atoms. The predicted molar refractivity (Wildman–Crippen MR) is 65.9 cm³/mol. The zero-order valence-corrected chi connectivity index (χ0v) is 10.7. The van der Waals surface area contributed by atoms with Crippen LogP contribution in [0.5, 0.6) is 0 Å². The molecule has 15 heavy (non-hydrogen) atoms. The van der Waals surface area contributed by atoms with E-state index in [-0.39, 0.29) is 12.6 Å². The van der Waals surface area contributed by atoms with Crippen molar-refractivity contribution in [3.05, 3.63) is 22.9 Å². The number of halogens is 1. The lowest BCUT2D eigenvalue weighted by atomic mass is 10.0. The molecule has 0 aromatic carbocycles. The number of anilines is 1. The monoisotopic (exact) mass is 272 g/mol. The van der Waals surface area contributed by atoms with Crippen molar-refractivity contribution in [1.82, 2.24) is 4.98 Å². The minimum atomic E-state index is 0.206. The van der Waals surface area contributed by atoms with E-state index < -0.39 is 0 Å². The Morgan fingerprint density at radius 2 is 2.20 bits per heavy atom. The van der Waals surface area contributed by atoms with E-state index in [1.165, 1.54) is 0 Å². The highest BCUT2D eigenvalue weighted by Crippen LogP contribution is 2.17. The maximum absolute atomic E-state index is 8.95. The fourth-order valence-corrected chi connectivity index (χ4v) is 1.78. The van der Waals surface area contributed by atoms with Gasteiger partial charge >= 0.3 is 0 Å². The summed E-state index contributed by atoms with van der Waals surface area (Å²) in [7, 11) is 0. The van der Waals surface area contributed by atoms with E-state index in [0.717, 1.165) is 16.6 Å². The molecule has 1 heterocycles. The molecule has 1 atom stereocenters. The fourth-order valence-electron chi connectivity index (χ4n) is 1.42. The Labute approximate surface area is 99.1 Å². The summed E-state index contributed by atoms with van der Waals surface area (Å²) in [6.45, 7) is 4.48. The fraction of sp³-hybridized carbons (Fsp3) is 0.545. The maximum Gasteiger partial charge on any atom is 0.0540 e. The summed E-state index contributed by atoms with van der Waals surface area (Å²) in [6, 6.07) is 2.27. The number of hydrogen-bond acceptors (Lipinski definition) is 3. The molecule has 0 saturated carbocycles. The van der Waals surface area contributed by atoms with Crippen LogP contribution in [-0.2, 0) is 0 Å². The van der Waals surface area contributed by atoms with Crippen molar-refractivity contribution in [3.63, 3.8) is 0 Å². The highest BCUT2D eigenvalue weighted by atomic mass is 79.9. The van der Waals surface area contributed by atoms with Gasteiger partial charge in [-0.05, 0) is 34.3 Å². The highest BCUT2D eigenvalue weighted by molar-refractivity contribution is 9.10. The molecule has 0 aliphatic carbocycles. The minimum absolute atomic E-state index is 0.206. The predicted octanol–water partition coefficient (Wildman–Crippen LogP) is 2.66. The van der Waals surface area contributed by atoms with E-state index in [9.17, 15) is 0 Å². The van der Waals surface area contributed by atoms with Gasteiger partial charge in [0.1, 0.15) is 0 Å². The number of nitrogens with one attached hydrogen (secondary N) is 1. The number of aliphatic hydroxyl groups is 1. The van der Waals surface area contributed by atoms with E-state index in [1.54, 1.807) is 12.4 Å². The van der Waals surface area contributed by atoms with E-state index in [2.05, 4.69) is 40.1 Å². The molecule has 1 aromatic heterocycles. The van der Waals surface area contributed by atoms with E-state index >= 15 is 0 Å². The first-order valence-corrected chi connectivity index (χ1v) is 5.90. The van der Waals surface area contributed by atoms with Gasteiger partial charge in [-0.15, -0.1) is 0 Å². The molecule has 0 saturated heterocycles. The Bertz CT molecular complexity index is 304. The van der Waals surface area contributed by atoms with Crippen molar-refractivity contribution in [2.75, 3.05) is 11.9 Å². The van der Waals surface area contributed by atoms with Crippen molar-refractivity contribution in [3.8, 4) is 0 Å². The molecule has 1 aromatic rings. The molecule has 1 unspecified atom stereocenters. The van der Waals surface area contributed by atoms with Crippen LogP contribution in [0.2, 0.25) is 0 Å². The maximum atomic E-state index is 8.95. The molecule has 0 aliphatic rings. The van der Waals surface area contributed by atoms with Crippen LogP contribution in [0.4, 0.5) is 5.69 Å². The Kier molecular flexibility index (Phi) is 5.05. The second kappa shape index (κ2) is 6.08. The van der Waals surface area contributed by atoms with Gasteiger partial charge < -0.3 is 10.4 Å². The van der Waals surface area contributed by atoms with Gasteiger partial charge in [-0.25, -0.2) is 0 Å². The van der Waals surface area contributed by atoms with E-state index in [1.807, 2.05) is 6.07 Å². The van der Waals surface area contributed by atoms with Gasteiger partial charge in [-0.1, -0.05) is 13.8 Å². The van der Waals surface area contributed by atoms with Gasteiger partial charge in [-0.3, -0.25) is 4.98 Å². The van der Waals surface area contributed by atoms with Crippen LogP contribution in [0.25, 0.3) is 0 Å². The van der Waals surface area contributed by atoms with Crippen molar-refractivity contribution in [2.45, 2.75) is 26.3 Å². The first-order chi connectivity index (χ1) is 7.13. The summed E-state index contributed by atoms with van der Waals surface area (Å²) in [6.07, 6.45) is 4.29.